The molecule has 0 heterocycles. The van der Waals surface area contributed by atoms with Crippen molar-refractivity contribution in [2.75, 3.05) is 23.7 Å². The maximum absolute atomic E-state index is 13.4. The van der Waals surface area contributed by atoms with Crippen LogP contribution in [0.25, 0.3) is 0 Å². The minimum atomic E-state index is -3.63. The van der Waals surface area contributed by atoms with Crippen LogP contribution in [0.1, 0.15) is 50.7 Å². The zero-order valence-electron chi connectivity index (χ0n) is 21.0. The minimum absolute atomic E-state index is 0.0628. The van der Waals surface area contributed by atoms with Crippen molar-refractivity contribution in [3.05, 3.63) is 65.5 Å². The van der Waals surface area contributed by atoms with Crippen molar-refractivity contribution < 1.29 is 22.4 Å². The summed E-state index contributed by atoms with van der Waals surface area (Å²) in [6, 6.07) is 12.3. The highest BCUT2D eigenvalue weighted by Crippen LogP contribution is 2.20. The Morgan fingerprint density at radius 3 is 2.34 bits per heavy atom. The first-order valence-corrected chi connectivity index (χ1v) is 13.8. The predicted octanol–water partition coefficient (Wildman–Crippen LogP) is 4.01. The number of aryl methyl sites for hydroxylation is 1. The zero-order valence-corrected chi connectivity index (χ0v) is 21.8. The highest BCUT2D eigenvalue weighted by atomic mass is 32.2. The van der Waals surface area contributed by atoms with Crippen LogP contribution in [0.3, 0.4) is 0 Å². The van der Waals surface area contributed by atoms with Crippen LogP contribution in [0.15, 0.2) is 48.5 Å². The third-order valence-corrected chi connectivity index (χ3v) is 6.83. The van der Waals surface area contributed by atoms with E-state index in [4.69, 9.17) is 0 Å². The lowest BCUT2D eigenvalue weighted by Gasteiger charge is -2.31. The monoisotopic (exact) mass is 505 g/mol. The van der Waals surface area contributed by atoms with Gasteiger partial charge in [0.15, 0.2) is 0 Å². The van der Waals surface area contributed by atoms with E-state index >= 15 is 0 Å². The van der Waals surface area contributed by atoms with Crippen LogP contribution >= 0.6 is 0 Å². The number of halogens is 1. The molecular formula is C26H36FN3O4S. The molecular weight excluding hydrogens is 469 g/mol. The molecule has 2 rings (SSSR count). The Morgan fingerprint density at radius 1 is 1.09 bits per heavy atom. The molecule has 0 saturated carbocycles. The first kappa shape index (κ1) is 28.3. The van der Waals surface area contributed by atoms with E-state index in [1.165, 1.54) is 24.3 Å². The van der Waals surface area contributed by atoms with Crippen LogP contribution in [0.5, 0.6) is 0 Å². The Bertz CT molecular complexity index is 1090. The van der Waals surface area contributed by atoms with Crippen molar-refractivity contribution in [2.24, 2.45) is 0 Å². The van der Waals surface area contributed by atoms with Gasteiger partial charge in [0.1, 0.15) is 11.9 Å². The summed E-state index contributed by atoms with van der Waals surface area (Å²) >= 11 is 0. The van der Waals surface area contributed by atoms with Crippen LogP contribution in [-0.4, -0.2) is 50.5 Å². The quantitative estimate of drug-likeness (QED) is 0.446. The van der Waals surface area contributed by atoms with E-state index in [1.54, 1.807) is 4.90 Å². The summed E-state index contributed by atoms with van der Waals surface area (Å²) in [7, 11) is -3.63. The molecule has 1 atom stereocenters. The molecule has 0 aliphatic heterocycles. The summed E-state index contributed by atoms with van der Waals surface area (Å²) < 4.78 is 39.1. The molecule has 2 aromatic rings. The zero-order chi connectivity index (χ0) is 26.0. The van der Waals surface area contributed by atoms with Gasteiger partial charge in [0.25, 0.3) is 0 Å². The van der Waals surface area contributed by atoms with Crippen molar-refractivity contribution in [1.29, 1.82) is 0 Å². The molecule has 0 spiro atoms. The molecule has 192 valence electrons. The topological polar surface area (TPSA) is 86.8 Å². The van der Waals surface area contributed by atoms with Gasteiger partial charge in [-0.3, -0.25) is 13.9 Å². The molecule has 0 unspecified atom stereocenters. The summed E-state index contributed by atoms with van der Waals surface area (Å²) in [4.78, 5) is 27.8. The smallest absolute Gasteiger partial charge is 0.242 e. The highest BCUT2D eigenvalue weighted by molar-refractivity contribution is 7.92. The lowest BCUT2D eigenvalue weighted by molar-refractivity contribution is -0.141. The number of benzene rings is 2. The van der Waals surface area contributed by atoms with Crippen LogP contribution < -0.4 is 9.62 Å². The molecule has 0 radical (unpaired) electrons. The summed E-state index contributed by atoms with van der Waals surface area (Å²) in [5.41, 5.74) is 2.31. The molecule has 2 aromatic carbocycles. The molecule has 1 N–H and O–H groups in total. The Kier molecular flexibility index (Phi) is 10.7. The fourth-order valence-corrected chi connectivity index (χ4v) is 4.87. The summed E-state index contributed by atoms with van der Waals surface area (Å²) in [5.74, 6) is -0.881. The number of rotatable bonds is 13. The van der Waals surface area contributed by atoms with Gasteiger partial charge in [-0.1, -0.05) is 43.7 Å². The number of hydrogen-bond donors (Lipinski definition) is 1. The number of carbonyl (C=O) groups is 2. The molecule has 0 aliphatic rings. The summed E-state index contributed by atoms with van der Waals surface area (Å²) in [6.07, 6.45) is 2.64. The predicted molar refractivity (Wildman–Crippen MR) is 137 cm³/mol. The van der Waals surface area contributed by atoms with E-state index in [0.29, 0.717) is 18.7 Å². The molecule has 0 aliphatic carbocycles. The Balaban J connectivity index is 2.19. The van der Waals surface area contributed by atoms with Crippen LogP contribution in [-0.2, 0) is 26.2 Å². The third-order valence-electron chi connectivity index (χ3n) is 5.64. The van der Waals surface area contributed by atoms with Gasteiger partial charge in [0.05, 0.1) is 11.9 Å². The second kappa shape index (κ2) is 13.2. The number of nitrogens with one attached hydrogen (secondary N) is 1. The molecule has 35 heavy (non-hydrogen) atoms. The van der Waals surface area contributed by atoms with Crippen molar-refractivity contribution >= 4 is 27.5 Å². The number of nitrogens with zero attached hydrogens (tertiary/aromatic N) is 2. The molecule has 0 fully saturated rings. The molecule has 7 nitrogen and oxygen atoms in total. The number of anilines is 1. The van der Waals surface area contributed by atoms with Gasteiger partial charge in [0, 0.05) is 26.1 Å². The minimum Gasteiger partial charge on any atom is -0.354 e. The van der Waals surface area contributed by atoms with Gasteiger partial charge in [-0.25, -0.2) is 12.8 Å². The Morgan fingerprint density at radius 2 is 1.77 bits per heavy atom. The SMILES string of the molecule is CCCNC(=O)[C@H](CC)N(Cc1cccc(C)c1)C(=O)CCCN(c1ccc(F)cc1)S(C)(=O)=O. The standard InChI is InChI=1S/C26H36FN3O4S/c1-5-16-28-26(32)24(6-2)29(19-21-10-7-9-20(3)18-21)25(31)11-8-17-30(35(4,33)34)23-14-12-22(27)13-15-23/h7,9-10,12-15,18,24H,5-6,8,11,16-17,19H2,1-4H3,(H,28,32)/t24-/m0/s1. The largest absolute Gasteiger partial charge is 0.354 e. The van der Waals surface area contributed by atoms with Crippen LogP contribution in [0, 0.1) is 12.7 Å². The molecule has 2 amide bonds. The first-order valence-electron chi connectivity index (χ1n) is 11.9. The molecule has 0 aromatic heterocycles. The average Bonchev–Trinajstić information content (AvgIpc) is 2.80. The van der Waals surface area contributed by atoms with Crippen LogP contribution in [0.4, 0.5) is 10.1 Å². The normalized spacial score (nSPS) is 12.1. The fourth-order valence-electron chi connectivity index (χ4n) is 3.90. The molecule has 0 saturated heterocycles. The number of amides is 2. The third kappa shape index (κ3) is 8.65. The second-order valence-electron chi connectivity index (χ2n) is 8.64. The van der Waals surface area contributed by atoms with Crippen molar-refractivity contribution in [3.8, 4) is 0 Å². The van der Waals surface area contributed by atoms with E-state index in [-0.39, 0.29) is 37.7 Å². The van der Waals surface area contributed by atoms with Crippen molar-refractivity contribution in [1.82, 2.24) is 10.2 Å². The van der Waals surface area contributed by atoms with Crippen molar-refractivity contribution in [3.63, 3.8) is 0 Å². The lowest BCUT2D eigenvalue weighted by Crippen LogP contribution is -2.49. The highest BCUT2D eigenvalue weighted by Gasteiger charge is 2.28. The number of hydrogen-bond acceptors (Lipinski definition) is 4. The van der Waals surface area contributed by atoms with Gasteiger partial charge >= 0.3 is 0 Å². The van der Waals surface area contributed by atoms with E-state index in [9.17, 15) is 22.4 Å². The van der Waals surface area contributed by atoms with E-state index in [0.717, 1.165) is 28.1 Å². The van der Waals surface area contributed by atoms with Gasteiger partial charge in [-0.15, -0.1) is 0 Å². The van der Waals surface area contributed by atoms with Crippen molar-refractivity contribution in [2.45, 2.75) is 59.0 Å². The molecule has 9 heteroatoms. The van der Waals surface area contributed by atoms with Gasteiger partial charge < -0.3 is 10.2 Å². The molecule has 0 bridgehead atoms. The van der Waals surface area contributed by atoms with Gasteiger partial charge in [-0.2, -0.15) is 0 Å². The second-order valence-corrected chi connectivity index (χ2v) is 10.5. The van der Waals surface area contributed by atoms with Gasteiger partial charge in [-0.05, 0) is 56.0 Å². The number of sulfonamides is 1. The summed E-state index contributed by atoms with van der Waals surface area (Å²) in [6.45, 7) is 6.68. The maximum atomic E-state index is 13.4. The Labute approximate surface area is 208 Å². The maximum Gasteiger partial charge on any atom is 0.242 e. The van der Waals surface area contributed by atoms with Crippen LogP contribution in [0.2, 0.25) is 0 Å². The van der Waals surface area contributed by atoms with Gasteiger partial charge in [0.2, 0.25) is 21.8 Å². The Hall–Kier alpha value is -2.94. The lowest BCUT2D eigenvalue weighted by atomic mass is 10.1. The average molecular weight is 506 g/mol. The fraction of sp³-hybridized carbons (Fsp3) is 0.462. The van der Waals surface area contributed by atoms with E-state index < -0.39 is 21.9 Å². The number of carbonyl (C=O) groups excluding carboxylic acids is 2. The summed E-state index contributed by atoms with van der Waals surface area (Å²) in [5, 5.41) is 2.89. The van der Waals surface area contributed by atoms with E-state index in [2.05, 4.69) is 5.32 Å². The van der Waals surface area contributed by atoms with E-state index in [1.807, 2.05) is 45.0 Å². The first-order chi connectivity index (χ1) is 16.6.